The van der Waals surface area contributed by atoms with Gasteiger partial charge in [-0.1, -0.05) is 18.2 Å². The van der Waals surface area contributed by atoms with Crippen molar-refractivity contribution in [3.8, 4) is 0 Å². The maximum Gasteiger partial charge on any atom is 0.316 e. The van der Waals surface area contributed by atoms with Crippen LogP contribution in [0, 0.1) is 0 Å². The van der Waals surface area contributed by atoms with E-state index in [1.54, 1.807) is 36.4 Å². The first-order chi connectivity index (χ1) is 12.0. The molecule has 2 rings (SSSR count). The molecule has 25 heavy (non-hydrogen) atoms. The van der Waals surface area contributed by atoms with Gasteiger partial charge >= 0.3 is 6.03 Å². The van der Waals surface area contributed by atoms with Crippen LogP contribution < -0.4 is 21.7 Å². The molecule has 8 heteroatoms. The number of amides is 4. The van der Waals surface area contributed by atoms with Crippen LogP contribution in [0.2, 0.25) is 0 Å². The molecule has 0 spiro atoms. The first-order valence-electron chi connectivity index (χ1n) is 7.73. The molecule has 132 valence electrons. The number of hydrogen-bond acceptors (Lipinski definition) is 4. The van der Waals surface area contributed by atoms with Crippen LogP contribution in [-0.4, -0.2) is 24.4 Å². The molecule has 7 nitrogen and oxygen atoms in total. The van der Waals surface area contributed by atoms with E-state index in [4.69, 9.17) is 5.73 Å². The smallest absolute Gasteiger partial charge is 0.316 e. The zero-order valence-corrected chi connectivity index (χ0v) is 14.6. The summed E-state index contributed by atoms with van der Waals surface area (Å²) >= 11 is 1.36. The normalized spacial score (nSPS) is 11.4. The second-order valence-electron chi connectivity index (χ2n) is 5.38. The minimum atomic E-state index is -0.626. The standard InChI is InChI=1S/C17H20N4O3S/c1-11(12-4-6-13(7-5-12)21-17(18)24)20-15(22)8-9-19-16(23)14-3-2-10-25-14/h2-7,10-11H,8-9H2,1H3,(H,19,23)(H,20,22)(H3,18,21,24)/t11-/m1/s1. The summed E-state index contributed by atoms with van der Waals surface area (Å²) in [6, 6.07) is 9.75. The van der Waals surface area contributed by atoms with Crippen molar-refractivity contribution in [2.75, 3.05) is 11.9 Å². The molecule has 1 atom stereocenters. The van der Waals surface area contributed by atoms with Crippen LogP contribution in [0.3, 0.4) is 0 Å². The number of primary amides is 1. The summed E-state index contributed by atoms with van der Waals surface area (Å²) in [5.74, 6) is -0.327. The van der Waals surface area contributed by atoms with Crippen molar-refractivity contribution >= 4 is 34.9 Å². The minimum absolute atomic E-state index is 0.154. The quantitative estimate of drug-likeness (QED) is 0.607. The SMILES string of the molecule is C[C@@H](NC(=O)CCNC(=O)c1cccs1)c1ccc(NC(N)=O)cc1. The van der Waals surface area contributed by atoms with Gasteiger partial charge in [0.05, 0.1) is 10.9 Å². The van der Waals surface area contributed by atoms with Crippen LogP contribution in [-0.2, 0) is 4.79 Å². The Kier molecular flexibility index (Phi) is 6.53. The van der Waals surface area contributed by atoms with Crippen LogP contribution in [0.4, 0.5) is 10.5 Å². The lowest BCUT2D eigenvalue weighted by atomic mass is 10.1. The van der Waals surface area contributed by atoms with E-state index in [9.17, 15) is 14.4 Å². The lowest BCUT2D eigenvalue weighted by Gasteiger charge is -2.15. The molecule has 1 heterocycles. The third-order valence-corrected chi connectivity index (χ3v) is 4.31. The molecule has 0 saturated carbocycles. The summed E-state index contributed by atoms with van der Waals surface area (Å²) in [4.78, 5) is 35.1. The van der Waals surface area contributed by atoms with E-state index in [0.717, 1.165) is 5.56 Å². The summed E-state index contributed by atoms with van der Waals surface area (Å²) < 4.78 is 0. The zero-order chi connectivity index (χ0) is 18.2. The third kappa shape index (κ3) is 5.92. The molecule has 1 aromatic heterocycles. The van der Waals surface area contributed by atoms with E-state index < -0.39 is 6.03 Å². The number of nitrogens with one attached hydrogen (secondary N) is 3. The van der Waals surface area contributed by atoms with E-state index in [-0.39, 0.29) is 30.8 Å². The lowest BCUT2D eigenvalue weighted by Crippen LogP contribution is -2.31. The third-order valence-electron chi connectivity index (χ3n) is 3.44. The van der Waals surface area contributed by atoms with Crippen molar-refractivity contribution < 1.29 is 14.4 Å². The van der Waals surface area contributed by atoms with Gasteiger partial charge in [0, 0.05) is 18.7 Å². The highest BCUT2D eigenvalue weighted by atomic mass is 32.1. The average Bonchev–Trinajstić information content (AvgIpc) is 3.09. The average molecular weight is 360 g/mol. The molecule has 0 unspecified atom stereocenters. The van der Waals surface area contributed by atoms with E-state index in [1.165, 1.54) is 11.3 Å². The fraction of sp³-hybridized carbons (Fsp3) is 0.235. The number of nitrogens with two attached hydrogens (primary N) is 1. The second-order valence-corrected chi connectivity index (χ2v) is 6.33. The van der Waals surface area contributed by atoms with Crippen molar-refractivity contribution in [3.05, 3.63) is 52.2 Å². The van der Waals surface area contributed by atoms with Gasteiger partial charge in [-0.25, -0.2) is 4.79 Å². The molecule has 0 aliphatic carbocycles. The van der Waals surface area contributed by atoms with Gasteiger partial charge in [0.2, 0.25) is 5.91 Å². The van der Waals surface area contributed by atoms with Crippen LogP contribution in [0.15, 0.2) is 41.8 Å². The largest absolute Gasteiger partial charge is 0.351 e. The highest BCUT2D eigenvalue weighted by molar-refractivity contribution is 7.12. The lowest BCUT2D eigenvalue weighted by molar-refractivity contribution is -0.121. The Balaban J connectivity index is 1.75. The van der Waals surface area contributed by atoms with Gasteiger partial charge in [-0.2, -0.15) is 0 Å². The van der Waals surface area contributed by atoms with Crippen LogP contribution in [0.25, 0.3) is 0 Å². The summed E-state index contributed by atoms with van der Waals surface area (Å²) in [5.41, 5.74) is 6.53. The Morgan fingerprint density at radius 3 is 2.48 bits per heavy atom. The number of rotatable bonds is 7. The van der Waals surface area contributed by atoms with Gasteiger partial charge in [-0.05, 0) is 36.1 Å². The van der Waals surface area contributed by atoms with Crippen molar-refractivity contribution in [1.29, 1.82) is 0 Å². The summed E-state index contributed by atoms with van der Waals surface area (Å²) in [5, 5.41) is 9.88. The van der Waals surface area contributed by atoms with Gasteiger partial charge in [-0.3, -0.25) is 9.59 Å². The van der Waals surface area contributed by atoms with Crippen molar-refractivity contribution in [2.24, 2.45) is 5.73 Å². The molecule has 5 N–H and O–H groups in total. The Morgan fingerprint density at radius 2 is 1.88 bits per heavy atom. The van der Waals surface area contributed by atoms with E-state index >= 15 is 0 Å². The Bertz CT molecular complexity index is 729. The van der Waals surface area contributed by atoms with Gasteiger partial charge in [-0.15, -0.1) is 11.3 Å². The number of carbonyl (C=O) groups is 3. The molecule has 0 saturated heterocycles. The fourth-order valence-electron chi connectivity index (χ4n) is 2.18. The Morgan fingerprint density at radius 1 is 1.16 bits per heavy atom. The van der Waals surface area contributed by atoms with Crippen LogP contribution >= 0.6 is 11.3 Å². The van der Waals surface area contributed by atoms with E-state index in [1.807, 2.05) is 12.3 Å². The summed E-state index contributed by atoms with van der Waals surface area (Å²) in [6.45, 7) is 2.13. The number of anilines is 1. The summed E-state index contributed by atoms with van der Waals surface area (Å²) in [6.07, 6.45) is 0.197. The Labute approximate surface area is 149 Å². The predicted octanol–water partition coefficient (Wildman–Crippen LogP) is 2.24. The topological polar surface area (TPSA) is 113 Å². The number of hydrogen-bond donors (Lipinski definition) is 4. The number of urea groups is 1. The molecule has 0 aliphatic rings. The fourth-order valence-corrected chi connectivity index (χ4v) is 2.82. The molecule has 2 aromatic rings. The van der Waals surface area contributed by atoms with Crippen molar-refractivity contribution in [3.63, 3.8) is 0 Å². The number of benzene rings is 1. The molecule has 0 fully saturated rings. The maximum absolute atomic E-state index is 12.0. The maximum atomic E-state index is 12.0. The van der Waals surface area contributed by atoms with E-state index in [0.29, 0.717) is 10.6 Å². The second kappa shape index (κ2) is 8.84. The summed E-state index contributed by atoms with van der Waals surface area (Å²) in [7, 11) is 0. The van der Waals surface area contributed by atoms with Crippen LogP contribution in [0.1, 0.15) is 34.6 Å². The molecule has 1 aromatic carbocycles. The first-order valence-corrected chi connectivity index (χ1v) is 8.61. The van der Waals surface area contributed by atoms with Crippen molar-refractivity contribution in [1.82, 2.24) is 10.6 Å². The van der Waals surface area contributed by atoms with Crippen molar-refractivity contribution in [2.45, 2.75) is 19.4 Å². The molecule has 0 radical (unpaired) electrons. The van der Waals surface area contributed by atoms with Gasteiger partial charge in [0.1, 0.15) is 0 Å². The first kappa shape index (κ1) is 18.5. The number of carbonyl (C=O) groups excluding carboxylic acids is 3. The molecular weight excluding hydrogens is 340 g/mol. The highest BCUT2D eigenvalue weighted by Gasteiger charge is 2.11. The zero-order valence-electron chi connectivity index (χ0n) is 13.7. The monoisotopic (exact) mass is 360 g/mol. The molecular formula is C17H20N4O3S. The highest BCUT2D eigenvalue weighted by Crippen LogP contribution is 2.16. The van der Waals surface area contributed by atoms with E-state index in [2.05, 4.69) is 16.0 Å². The molecule has 0 aliphatic heterocycles. The van der Waals surface area contributed by atoms with Gasteiger partial charge in [0.15, 0.2) is 0 Å². The van der Waals surface area contributed by atoms with Gasteiger partial charge in [0.25, 0.3) is 5.91 Å². The number of thiophene rings is 1. The van der Waals surface area contributed by atoms with Gasteiger partial charge < -0.3 is 21.7 Å². The van der Waals surface area contributed by atoms with Crippen LogP contribution in [0.5, 0.6) is 0 Å². The minimum Gasteiger partial charge on any atom is -0.351 e. The Hall–Kier alpha value is -2.87. The molecule has 4 amide bonds. The molecule has 0 bridgehead atoms. The predicted molar refractivity (Wildman–Crippen MR) is 97.5 cm³/mol.